The molecule has 0 heterocycles. The van der Waals surface area contributed by atoms with E-state index >= 15 is 0 Å². The highest BCUT2D eigenvalue weighted by Crippen LogP contribution is 2.18. The third kappa shape index (κ3) is 4.08. The molecular weight excluding hydrogens is 248 g/mol. The molecule has 102 valence electrons. The fourth-order valence-corrected chi connectivity index (χ4v) is 3.75. The highest BCUT2D eigenvalue weighted by molar-refractivity contribution is 7.89. The van der Waals surface area contributed by atoms with Crippen molar-refractivity contribution < 1.29 is 8.42 Å². The molecule has 0 saturated carbocycles. The lowest BCUT2D eigenvalue weighted by atomic mass is 10.0. The second-order valence-electron chi connectivity index (χ2n) is 4.37. The van der Waals surface area contributed by atoms with E-state index in [0.29, 0.717) is 19.6 Å². The van der Waals surface area contributed by atoms with Crippen LogP contribution >= 0.6 is 0 Å². The predicted octanol–water partition coefficient (Wildman–Crippen LogP) is 1.40. The number of likely N-dealkylation sites (N-methyl/N-ethyl adjacent to an activating group) is 1. The van der Waals surface area contributed by atoms with Gasteiger partial charge in [0.15, 0.2) is 0 Å². The molecule has 18 heavy (non-hydrogen) atoms. The zero-order valence-electron chi connectivity index (χ0n) is 11.0. The summed E-state index contributed by atoms with van der Waals surface area (Å²) in [7, 11) is -3.23. The summed E-state index contributed by atoms with van der Waals surface area (Å²) in [5, 5.41) is 0. The Balaban J connectivity index is 2.76. The molecule has 2 N–H and O–H groups in total. The third-order valence-electron chi connectivity index (χ3n) is 2.95. The first-order valence-corrected chi connectivity index (χ1v) is 7.85. The van der Waals surface area contributed by atoms with Gasteiger partial charge in [-0.3, -0.25) is 0 Å². The number of nitrogens with two attached hydrogens (primary N) is 1. The third-order valence-corrected chi connectivity index (χ3v) is 5.10. The summed E-state index contributed by atoms with van der Waals surface area (Å²) < 4.78 is 25.9. The summed E-state index contributed by atoms with van der Waals surface area (Å²) in [6.07, 6.45) is 0. The van der Waals surface area contributed by atoms with Crippen LogP contribution in [0.5, 0.6) is 0 Å². The van der Waals surface area contributed by atoms with E-state index in [1.807, 2.05) is 44.2 Å². The van der Waals surface area contributed by atoms with Gasteiger partial charge in [0.1, 0.15) is 0 Å². The average Bonchev–Trinajstić information content (AvgIpc) is 2.36. The Morgan fingerprint density at radius 1 is 1.28 bits per heavy atom. The van der Waals surface area contributed by atoms with Crippen molar-refractivity contribution in [2.24, 2.45) is 5.73 Å². The first-order valence-electron chi connectivity index (χ1n) is 6.24. The van der Waals surface area contributed by atoms with Crippen molar-refractivity contribution in [3.05, 3.63) is 35.9 Å². The van der Waals surface area contributed by atoms with Gasteiger partial charge in [0, 0.05) is 19.6 Å². The molecule has 0 aliphatic carbocycles. The van der Waals surface area contributed by atoms with Crippen molar-refractivity contribution in [3.8, 4) is 0 Å². The van der Waals surface area contributed by atoms with E-state index in [4.69, 9.17) is 5.73 Å². The van der Waals surface area contributed by atoms with E-state index in [0.717, 1.165) is 5.56 Å². The highest BCUT2D eigenvalue weighted by atomic mass is 32.2. The molecule has 0 aromatic heterocycles. The predicted molar refractivity (Wildman–Crippen MR) is 74.9 cm³/mol. The SMILES string of the molecule is CCN(CCN)S(=O)(=O)CC(C)c1ccccc1. The second kappa shape index (κ2) is 6.87. The molecule has 0 aliphatic rings. The van der Waals surface area contributed by atoms with Crippen LogP contribution in [-0.2, 0) is 10.0 Å². The van der Waals surface area contributed by atoms with Crippen molar-refractivity contribution in [2.45, 2.75) is 19.8 Å². The lowest BCUT2D eigenvalue weighted by Crippen LogP contribution is -2.37. The van der Waals surface area contributed by atoms with E-state index in [-0.39, 0.29) is 11.7 Å². The fourth-order valence-electron chi connectivity index (χ4n) is 1.94. The van der Waals surface area contributed by atoms with Gasteiger partial charge in [0.2, 0.25) is 10.0 Å². The largest absolute Gasteiger partial charge is 0.329 e. The Bertz CT molecular complexity index is 445. The van der Waals surface area contributed by atoms with Crippen LogP contribution in [0.4, 0.5) is 0 Å². The number of rotatable bonds is 7. The van der Waals surface area contributed by atoms with Crippen molar-refractivity contribution in [1.29, 1.82) is 0 Å². The maximum Gasteiger partial charge on any atom is 0.214 e. The smallest absolute Gasteiger partial charge is 0.214 e. The maximum atomic E-state index is 12.2. The molecule has 0 saturated heterocycles. The van der Waals surface area contributed by atoms with Crippen molar-refractivity contribution in [3.63, 3.8) is 0 Å². The monoisotopic (exact) mass is 270 g/mol. The Morgan fingerprint density at radius 2 is 1.89 bits per heavy atom. The minimum absolute atomic E-state index is 0.0111. The zero-order valence-corrected chi connectivity index (χ0v) is 11.9. The van der Waals surface area contributed by atoms with Gasteiger partial charge in [-0.1, -0.05) is 44.2 Å². The van der Waals surface area contributed by atoms with Gasteiger partial charge < -0.3 is 5.73 Å². The lowest BCUT2D eigenvalue weighted by molar-refractivity contribution is 0.433. The van der Waals surface area contributed by atoms with Crippen LogP contribution in [0, 0.1) is 0 Å². The normalized spacial score (nSPS) is 13.8. The summed E-state index contributed by atoms with van der Waals surface area (Å²) in [6.45, 7) is 4.98. The van der Waals surface area contributed by atoms with Crippen LogP contribution in [0.3, 0.4) is 0 Å². The first-order chi connectivity index (χ1) is 8.51. The molecule has 0 radical (unpaired) electrons. The number of benzene rings is 1. The lowest BCUT2D eigenvalue weighted by Gasteiger charge is -2.22. The number of nitrogens with zero attached hydrogens (tertiary/aromatic N) is 1. The average molecular weight is 270 g/mol. The summed E-state index contributed by atoms with van der Waals surface area (Å²) in [5.74, 6) is 0.119. The Morgan fingerprint density at radius 3 is 2.39 bits per heavy atom. The van der Waals surface area contributed by atoms with E-state index in [1.54, 1.807) is 0 Å². The molecule has 0 aliphatic heterocycles. The van der Waals surface area contributed by atoms with Crippen LogP contribution in [0.1, 0.15) is 25.3 Å². The van der Waals surface area contributed by atoms with Gasteiger partial charge in [-0.2, -0.15) is 0 Å². The van der Waals surface area contributed by atoms with Gasteiger partial charge in [0.25, 0.3) is 0 Å². The number of sulfonamides is 1. The fraction of sp³-hybridized carbons (Fsp3) is 0.538. The molecular formula is C13H22N2O2S. The summed E-state index contributed by atoms with van der Waals surface area (Å²) in [6, 6.07) is 9.70. The van der Waals surface area contributed by atoms with Gasteiger partial charge in [-0.15, -0.1) is 0 Å². The summed E-state index contributed by atoms with van der Waals surface area (Å²) in [5.41, 5.74) is 6.48. The first kappa shape index (κ1) is 15.1. The van der Waals surface area contributed by atoms with E-state index in [2.05, 4.69) is 0 Å². The maximum absolute atomic E-state index is 12.2. The van der Waals surface area contributed by atoms with Gasteiger partial charge in [-0.05, 0) is 11.5 Å². The molecule has 1 rings (SSSR count). The van der Waals surface area contributed by atoms with Crippen molar-refractivity contribution in [1.82, 2.24) is 4.31 Å². The van der Waals surface area contributed by atoms with Gasteiger partial charge in [0.05, 0.1) is 5.75 Å². The van der Waals surface area contributed by atoms with Crippen LogP contribution in [0.25, 0.3) is 0 Å². The molecule has 0 spiro atoms. The zero-order chi connectivity index (χ0) is 13.6. The Kier molecular flexibility index (Phi) is 5.78. The summed E-state index contributed by atoms with van der Waals surface area (Å²) >= 11 is 0. The minimum Gasteiger partial charge on any atom is -0.329 e. The van der Waals surface area contributed by atoms with E-state index < -0.39 is 10.0 Å². The second-order valence-corrected chi connectivity index (χ2v) is 6.38. The molecule has 5 heteroatoms. The topological polar surface area (TPSA) is 63.4 Å². The Labute approximate surface area is 110 Å². The van der Waals surface area contributed by atoms with E-state index in [1.165, 1.54) is 4.31 Å². The van der Waals surface area contributed by atoms with Gasteiger partial charge in [-0.25, -0.2) is 12.7 Å². The van der Waals surface area contributed by atoms with Crippen molar-refractivity contribution >= 4 is 10.0 Å². The molecule has 0 fully saturated rings. The minimum atomic E-state index is -3.23. The van der Waals surface area contributed by atoms with E-state index in [9.17, 15) is 8.42 Å². The van der Waals surface area contributed by atoms with Crippen molar-refractivity contribution in [2.75, 3.05) is 25.4 Å². The molecule has 1 atom stereocenters. The van der Waals surface area contributed by atoms with Crippen LogP contribution in [0.2, 0.25) is 0 Å². The molecule has 0 bridgehead atoms. The molecule has 1 aromatic carbocycles. The Hall–Kier alpha value is -0.910. The standard InChI is InChI=1S/C13H22N2O2S/c1-3-15(10-9-14)18(16,17)11-12(2)13-7-5-4-6-8-13/h4-8,12H,3,9-11,14H2,1-2H3. The molecule has 1 aromatic rings. The number of hydrogen-bond acceptors (Lipinski definition) is 3. The summed E-state index contributed by atoms with van der Waals surface area (Å²) in [4.78, 5) is 0. The highest BCUT2D eigenvalue weighted by Gasteiger charge is 2.23. The number of hydrogen-bond donors (Lipinski definition) is 1. The molecule has 1 unspecified atom stereocenters. The van der Waals surface area contributed by atoms with Crippen LogP contribution in [-0.4, -0.2) is 38.1 Å². The quantitative estimate of drug-likeness (QED) is 0.814. The van der Waals surface area contributed by atoms with Crippen LogP contribution < -0.4 is 5.73 Å². The molecule has 4 nitrogen and oxygen atoms in total. The molecule has 0 amide bonds. The van der Waals surface area contributed by atoms with Crippen LogP contribution in [0.15, 0.2) is 30.3 Å². The van der Waals surface area contributed by atoms with Gasteiger partial charge >= 0.3 is 0 Å².